The van der Waals surface area contributed by atoms with E-state index in [1.165, 1.54) is 0 Å². The molecule has 3 nitrogen and oxygen atoms in total. The molecular formula is C11H14O3. The van der Waals surface area contributed by atoms with E-state index in [9.17, 15) is 0 Å². The van der Waals surface area contributed by atoms with E-state index in [0.717, 1.165) is 25.2 Å². The Kier molecular flexibility index (Phi) is 2.89. The van der Waals surface area contributed by atoms with Crippen molar-refractivity contribution >= 4 is 0 Å². The van der Waals surface area contributed by atoms with Gasteiger partial charge in [-0.3, -0.25) is 0 Å². The van der Waals surface area contributed by atoms with Crippen molar-refractivity contribution in [2.24, 2.45) is 0 Å². The first-order valence-electron chi connectivity index (χ1n) is 4.88. The first kappa shape index (κ1) is 9.34. The van der Waals surface area contributed by atoms with Crippen molar-refractivity contribution < 1.29 is 14.6 Å². The van der Waals surface area contributed by atoms with Gasteiger partial charge < -0.3 is 14.6 Å². The molecule has 1 N–H and O–H groups in total. The fourth-order valence-corrected chi connectivity index (χ4v) is 1.52. The molecule has 76 valence electrons. The number of phenols is 1. The van der Waals surface area contributed by atoms with Gasteiger partial charge in [0.15, 0.2) is 0 Å². The lowest BCUT2D eigenvalue weighted by atomic mass is 10.2. The van der Waals surface area contributed by atoms with Crippen LogP contribution in [0.1, 0.15) is 12.8 Å². The minimum atomic E-state index is 0.160. The number of rotatable bonds is 2. The normalized spacial score (nSPS) is 21.9. The second-order valence-electron chi connectivity index (χ2n) is 3.45. The number of hydrogen-bond acceptors (Lipinski definition) is 3. The zero-order valence-corrected chi connectivity index (χ0v) is 7.98. The smallest absolute Gasteiger partial charge is 0.122 e. The summed E-state index contributed by atoms with van der Waals surface area (Å²) in [6.07, 6.45) is 2.26. The SMILES string of the molecule is Oc1ccc(OC2CCCOC2)cc1. The van der Waals surface area contributed by atoms with Crippen LogP contribution in [-0.4, -0.2) is 24.4 Å². The van der Waals surface area contributed by atoms with Gasteiger partial charge in [-0.2, -0.15) is 0 Å². The molecule has 0 aliphatic carbocycles. The Labute approximate surface area is 83.3 Å². The first-order chi connectivity index (χ1) is 6.84. The summed E-state index contributed by atoms with van der Waals surface area (Å²) in [6, 6.07) is 6.78. The van der Waals surface area contributed by atoms with Crippen molar-refractivity contribution in [3.63, 3.8) is 0 Å². The molecule has 3 heteroatoms. The van der Waals surface area contributed by atoms with Crippen LogP contribution in [0.15, 0.2) is 24.3 Å². The highest BCUT2D eigenvalue weighted by Gasteiger charge is 2.14. The van der Waals surface area contributed by atoms with E-state index in [1.54, 1.807) is 24.3 Å². The summed E-state index contributed by atoms with van der Waals surface area (Å²) in [5, 5.41) is 9.08. The quantitative estimate of drug-likeness (QED) is 0.782. The van der Waals surface area contributed by atoms with Gasteiger partial charge in [-0.25, -0.2) is 0 Å². The average Bonchev–Trinajstić information content (AvgIpc) is 2.23. The summed E-state index contributed by atoms with van der Waals surface area (Å²) in [5.74, 6) is 1.05. The summed E-state index contributed by atoms with van der Waals surface area (Å²) >= 11 is 0. The van der Waals surface area contributed by atoms with Gasteiger partial charge in [0.05, 0.1) is 6.61 Å². The zero-order valence-electron chi connectivity index (χ0n) is 7.98. The van der Waals surface area contributed by atoms with Gasteiger partial charge >= 0.3 is 0 Å². The van der Waals surface area contributed by atoms with Crippen LogP contribution in [0.4, 0.5) is 0 Å². The Hall–Kier alpha value is -1.22. The second-order valence-corrected chi connectivity index (χ2v) is 3.45. The lowest BCUT2D eigenvalue weighted by molar-refractivity contribution is 0.00741. The van der Waals surface area contributed by atoms with Crippen molar-refractivity contribution in [3.05, 3.63) is 24.3 Å². The Morgan fingerprint density at radius 3 is 2.71 bits per heavy atom. The highest BCUT2D eigenvalue weighted by molar-refractivity contribution is 5.30. The summed E-state index contributed by atoms with van der Waals surface area (Å²) < 4.78 is 11.0. The molecule has 1 atom stereocenters. The summed E-state index contributed by atoms with van der Waals surface area (Å²) in [6.45, 7) is 1.51. The Balaban J connectivity index is 1.92. The van der Waals surface area contributed by atoms with Crippen LogP contribution >= 0.6 is 0 Å². The van der Waals surface area contributed by atoms with Crippen LogP contribution in [0.25, 0.3) is 0 Å². The molecule has 0 bridgehead atoms. The number of hydrogen-bond donors (Lipinski definition) is 1. The van der Waals surface area contributed by atoms with Gasteiger partial charge in [0, 0.05) is 6.61 Å². The number of aromatic hydroxyl groups is 1. The maximum atomic E-state index is 9.08. The van der Waals surface area contributed by atoms with E-state index in [0.29, 0.717) is 6.61 Å². The molecule has 1 aliphatic heterocycles. The predicted octanol–water partition coefficient (Wildman–Crippen LogP) is 1.95. The minimum absolute atomic E-state index is 0.160. The molecule has 2 rings (SSSR count). The molecule has 1 saturated heterocycles. The maximum absolute atomic E-state index is 9.08. The zero-order chi connectivity index (χ0) is 9.80. The van der Waals surface area contributed by atoms with Crippen molar-refractivity contribution in [3.8, 4) is 11.5 Å². The molecule has 1 aliphatic rings. The molecule has 0 aromatic heterocycles. The summed E-state index contributed by atoms with van der Waals surface area (Å²) in [7, 11) is 0. The number of phenolic OH excluding ortho intramolecular Hbond substituents is 1. The molecular weight excluding hydrogens is 180 g/mol. The van der Waals surface area contributed by atoms with E-state index in [1.807, 2.05) is 0 Å². The average molecular weight is 194 g/mol. The molecule has 0 amide bonds. The van der Waals surface area contributed by atoms with Crippen LogP contribution < -0.4 is 4.74 Å². The lowest BCUT2D eigenvalue weighted by Crippen LogP contribution is -2.27. The van der Waals surface area contributed by atoms with Crippen molar-refractivity contribution in [2.45, 2.75) is 18.9 Å². The van der Waals surface area contributed by atoms with Gasteiger partial charge in [0.1, 0.15) is 17.6 Å². The van der Waals surface area contributed by atoms with E-state index >= 15 is 0 Å². The van der Waals surface area contributed by atoms with Crippen LogP contribution in [0.3, 0.4) is 0 Å². The van der Waals surface area contributed by atoms with Gasteiger partial charge in [0.25, 0.3) is 0 Å². The lowest BCUT2D eigenvalue weighted by Gasteiger charge is -2.23. The van der Waals surface area contributed by atoms with E-state index < -0.39 is 0 Å². The van der Waals surface area contributed by atoms with Gasteiger partial charge in [-0.05, 0) is 37.1 Å². The molecule has 1 unspecified atom stereocenters. The largest absolute Gasteiger partial charge is 0.508 e. The Morgan fingerprint density at radius 2 is 2.07 bits per heavy atom. The highest BCUT2D eigenvalue weighted by Crippen LogP contribution is 2.19. The van der Waals surface area contributed by atoms with Gasteiger partial charge in [0.2, 0.25) is 0 Å². The molecule has 0 saturated carbocycles. The van der Waals surface area contributed by atoms with E-state index in [2.05, 4.69) is 0 Å². The fraction of sp³-hybridized carbons (Fsp3) is 0.455. The van der Waals surface area contributed by atoms with Gasteiger partial charge in [-0.1, -0.05) is 0 Å². The van der Waals surface area contributed by atoms with Crippen LogP contribution in [0.2, 0.25) is 0 Å². The van der Waals surface area contributed by atoms with Gasteiger partial charge in [-0.15, -0.1) is 0 Å². The second kappa shape index (κ2) is 4.33. The molecule has 14 heavy (non-hydrogen) atoms. The van der Waals surface area contributed by atoms with Crippen LogP contribution in [-0.2, 0) is 4.74 Å². The molecule has 1 aromatic rings. The predicted molar refractivity (Wildman–Crippen MR) is 52.6 cm³/mol. The number of ether oxygens (including phenoxy) is 2. The van der Waals surface area contributed by atoms with Crippen molar-refractivity contribution in [1.29, 1.82) is 0 Å². The Bertz CT molecular complexity index is 275. The van der Waals surface area contributed by atoms with E-state index in [4.69, 9.17) is 14.6 Å². The molecule has 1 heterocycles. The Morgan fingerprint density at radius 1 is 1.29 bits per heavy atom. The molecule has 1 aromatic carbocycles. The minimum Gasteiger partial charge on any atom is -0.508 e. The van der Waals surface area contributed by atoms with Crippen molar-refractivity contribution in [2.75, 3.05) is 13.2 Å². The highest BCUT2D eigenvalue weighted by atomic mass is 16.5. The van der Waals surface area contributed by atoms with Crippen LogP contribution in [0.5, 0.6) is 11.5 Å². The topological polar surface area (TPSA) is 38.7 Å². The molecule has 1 fully saturated rings. The third kappa shape index (κ3) is 2.39. The summed E-state index contributed by atoms with van der Waals surface area (Å²) in [4.78, 5) is 0. The monoisotopic (exact) mass is 194 g/mol. The fourth-order valence-electron chi connectivity index (χ4n) is 1.52. The van der Waals surface area contributed by atoms with Crippen LogP contribution in [0, 0.1) is 0 Å². The third-order valence-electron chi connectivity index (χ3n) is 2.26. The maximum Gasteiger partial charge on any atom is 0.122 e. The third-order valence-corrected chi connectivity index (χ3v) is 2.26. The first-order valence-corrected chi connectivity index (χ1v) is 4.88. The summed E-state index contributed by atoms with van der Waals surface area (Å²) in [5.41, 5.74) is 0. The standard InChI is InChI=1S/C11H14O3/c12-9-3-5-10(6-4-9)14-11-2-1-7-13-8-11/h3-6,11-12H,1-2,7-8H2. The molecule has 0 radical (unpaired) electrons. The van der Waals surface area contributed by atoms with E-state index in [-0.39, 0.29) is 11.9 Å². The van der Waals surface area contributed by atoms with Crippen molar-refractivity contribution in [1.82, 2.24) is 0 Å². The number of benzene rings is 1. The molecule has 0 spiro atoms.